The summed E-state index contributed by atoms with van der Waals surface area (Å²) >= 11 is 8.16. The summed E-state index contributed by atoms with van der Waals surface area (Å²) in [6, 6.07) is 0. The van der Waals surface area contributed by atoms with Crippen molar-refractivity contribution in [2.75, 3.05) is 18.1 Å². The summed E-state index contributed by atoms with van der Waals surface area (Å²) in [5.74, 6) is 4.08. The first-order valence-electron chi connectivity index (χ1n) is 6.47. The van der Waals surface area contributed by atoms with Crippen LogP contribution in [0.5, 0.6) is 0 Å². The van der Waals surface area contributed by atoms with Crippen molar-refractivity contribution in [3.05, 3.63) is 0 Å². The predicted molar refractivity (Wildman–Crippen MR) is 72.4 cm³/mol. The van der Waals surface area contributed by atoms with Gasteiger partial charge in [0.2, 0.25) is 0 Å². The average Bonchev–Trinajstić information content (AvgIpc) is 2.65. The highest BCUT2D eigenvalue weighted by atomic mass is 35.5. The second kappa shape index (κ2) is 5.49. The molecule has 2 aliphatic heterocycles. The fraction of sp³-hybridized carbons (Fsp3) is 1.00. The van der Waals surface area contributed by atoms with Crippen LogP contribution in [0.2, 0.25) is 0 Å². The van der Waals surface area contributed by atoms with Crippen LogP contribution in [0.4, 0.5) is 0 Å². The van der Waals surface area contributed by atoms with E-state index in [0.29, 0.717) is 5.38 Å². The average molecular weight is 263 g/mol. The van der Waals surface area contributed by atoms with Gasteiger partial charge in [-0.1, -0.05) is 6.92 Å². The molecule has 0 radical (unpaired) electrons. The molecule has 2 rings (SSSR count). The van der Waals surface area contributed by atoms with Crippen molar-refractivity contribution in [3.63, 3.8) is 0 Å². The largest absolute Gasteiger partial charge is 0.374 e. The normalized spacial score (nSPS) is 38.8. The minimum Gasteiger partial charge on any atom is -0.374 e. The van der Waals surface area contributed by atoms with Crippen molar-refractivity contribution in [1.29, 1.82) is 0 Å². The van der Waals surface area contributed by atoms with Crippen LogP contribution in [0, 0.1) is 11.8 Å². The first-order valence-corrected chi connectivity index (χ1v) is 8.06. The molecular weight excluding hydrogens is 240 g/mol. The molecule has 0 bridgehead atoms. The molecule has 2 heterocycles. The summed E-state index contributed by atoms with van der Waals surface area (Å²) in [7, 11) is 0. The van der Waals surface area contributed by atoms with Gasteiger partial charge >= 0.3 is 0 Å². The first-order chi connectivity index (χ1) is 7.61. The molecule has 0 aromatic heterocycles. The van der Waals surface area contributed by atoms with E-state index < -0.39 is 0 Å². The van der Waals surface area contributed by atoms with Crippen molar-refractivity contribution in [3.8, 4) is 0 Å². The number of halogens is 1. The van der Waals surface area contributed by atoms with E-state index in [1.807, 2.05) is 0 Å². The maximum Gasteiger partial charge on any atom is 0.0783 e. The summed E-state index contributed by atoms with van der Waals surface area (Å²) in [5, 5.41) is 0.312. The van der Waals surface area contributed by atoms with Gasteiger partial charge < -0.3 is 4.74 Å². The van der Waals surface area contributed by atoms with Gasteiger partial charge in [0.15, 0.2) is 0 Å². The Hall–Kier alpha value is 0.600. The van der Waals surface area contributed by atoms with E-state index in [1.54, 1.807) is 0 Å². The molecule has 3 heteroatoms. The van der Waals surface area contributed by atoms with Gasteiger partial charge in [0, 0.05) is 17.7 Å². The van der Waals surface area contributed by atoms with Crippen molar-refractivity contribution in [1.82, 2.24) is 0 Å². The van der Waals surface area contributed by atoms with Gasteiger partial charge in [-0.15, -0.1) is 11.6 Å². The number of alkyl halides is 1. The summed E-state index contributed by atoms with van der Waals surface area (Å²) < 4.78 is 6.06. The summed E-state index contributed by atoms with van der Waals surface area (Å²) in [6.45, 7) is 5.44. The maximum atomic E-state index is 6.11. The third-order valence-electron chi connectivity index (χ3n) is 4.10. The molecule has 2 saturated heterocycles. The van der Waals surface area contributed by atoms with Gasteiger partial charge in [-0.25, -0.2) is 0 Å². The smallest absolute Gasteiger partial charge is 0.0783 e. The van der Waals surface area contributed by atoms with E-state index in [9.17, 15) is 0 Å². The Morgan fingerprint density at radius 3 is 2.94 bits per heavy atom. The highest BCUT2D eigenvalue weighted by Gasteiger charge is 2.41. The van der Waals surface area contributed by atoms with E-state index in [0.717, 1.165) is 24.9 Å². The van der Waals surface area contributed by atoms with Gasteiger partial charge in [-0.05, 0) is 50.2 Å². The minimum atomic E-state index is 0.234. The van der Waals surface area contributed by atoms with Crippen molar-refractivity contribution in [2.45, 2.75) is 50.5 Å². The van der Waals surface area contributed by atoms with Crippen molar-refractivity contribution >= 4 is 23.4 Å². The number of rotatable bonds is 3. The van der Waals surface area contributed by atoms with E-state index >= 15 is 0 Å². The van der Waals surface area contributed by atoms with Crippen molar-refractivity contribution < 1.29 is 4.74 Å². The van der Waals surface area contributed by atoms with Crippen LogP contribution in [0.1, 0.15) is 39.5 Å². The van der Waals surface area contributed by atoms with Gasteiger partial charge in [0.25, 0.3) is 0 Å². The zero-order valence-corrected chi connectivity index (χ0v) is 11.9. The third-order valence-corrected chi connectivity index (χ3v) is 5.50. The lowest BCUT2D eigenvalue weighted by Gasteiger charge is -2.40. The lowest BCUT2D eigenvalue weighted by atomic mass is 9.77. The maximum absolute atomic E-state index is 6.11. The quantitative estimate of drug-likeness (QED) is 0.713. The van der Waals surface area contributed by atoms with Crippen LogP contribution < -0.4 is 0 Å². The minimum absolute atomic E-state index is 0.234. The van der Waals surface area contributed by atoms with Gasteiger partial charge in [-0.3, -0.25) is 0 Å². The molecule has 0 aromatic rings. The highest BCUT2D eigenvalue weighted by Crippen LogP contribution is 2.43. The number of thioether (sulfide) groups is 1. The van der Waals surface area contributed by atoms with E-state index in [4.69, 9.17) is 16.3 Å². The summed E-state index contributed by atoms with van der Waals surface area (Å²) in [6.07, 6.45) is 4.91. The zero-order chi connectivity index (χ0) is 11.6. The predicted octanol–water partition coefficient (Wildman–Crippen LogP) is 3.94. The number of hydrogen-bond acceptors (Lipinski definition) is 2. The van der Waals surface area contributed by atoms with E-state index in [2.05, 4.69) is 25.6 Å². The highest BCUT2D eigenvalue weighted by molar-refractivity contribution is 7.99. The molecule has 2 fully saturated rings. The molecule has 0 N–H and O–H groups in total. The van der Waals surface area contributed by atoms with Crippen molar-refractivity contribution in [2.24, 2.45) is 11.8 Å². The molecule has 0 amide bonds. The Morgan fingerprint density at radius 2 is 2.31 bits per heavy atom. The molecule has 0 aromatic carbocycles. The van der Waals surface area contributed by atoms with Crippen LogP contribution in [0.3, 0.4) is 0 Å². The standard InChI is InChI=1S/C13H23ClOS/c1-10(7-11(2)14)12-3-5-15-13(8-12)4-6-16-9-13/h10-12H,3-9H2,1-2H3. The SMILES string of the molecule is CC(Cl)CC(C)C1CCOC2(CCSC2)C1. The Balaban J connectivity index is 1.90. The van der Waals surface area contributed by atoms with Gasteiger partial charge in [0.05, 0.1) is 5.60 Å². The third kappa shape index (κ3) is 3.08. The molecule has 16 heavy (non-hydrogen) atoms. The lowest BCUT2D eigenvalue weighted by Crippen LogP contribution is -2.41. The molecule has 4 atom stereocenters. The number of ether oxygens (including phenoxy) is 1. The Labute approximate surface area is 109 Å². The first kappa shape index (κ1) is 13.0. The van der Waals surface area contributed by atoms with Crippen LogP contribution in [0.15, 0.2) is 0 Å². The van der Waals surface area contributed by atoms with Crippen LogP contribution in [-0.2, 0) is 4.74 Å². The zero-order valence-electron chi connectivity index (χ0n) is 10.4. The fourth-order valence-electron chi connectivity index (χ4n) is 3.12. The topological polar surface area (TPSA) is 9.23 Å². The molecule has 2 aliphatic rings. The monoisotopic (exact) mass is 262 g/mol. The summed E-state index contributed by atoms with van der Waals surface area (Å²) in [4.78, 5) is 0. The Bertz CT molecular complexity index is 226. The van der Waals surface area contributed by atoms with Crippen LogP contribution >= 0.6 is 23.4 Å². The second-order valence-electron chi connectivity index (χ2n) is 5.58. The molecular formula is C13H23ClOS. The Morgan fingerprint density at radius 1 is 1.50 bits per heavy atom. The Kier molecular flexibility index (Phi) is 4.48. The van der Waals surface area contributed by atoms with E-state index in [-0.39, 0.29) is 5.60 Å². The van der Waals surface area contributed by atoms with Gasteiger partial charge in [0.1, 0.15) is 0 Å². The molecule has 4 unspecified atom stereocenters. The molecule has 0 aliphatic carbocycles. The molecule has 1 nitrogen and oxygen atoms in total. The van der Waals surface area contributed by atoms with Gasteiger partial charge in [-0.2, -0.15) is 11.8 Å². The summed E-state index contributed by atoms with van der Waals surface area (Å²) in [5.41, 5.74) is 0.234. The second-order valence-corrected chi connectivity index (χ2v) is 7.43. The molecule has 1 spiro atoms. The molecule has 94 valence electrons. The lowest BCUT2D eigenvalue weighted by molar-refractivity contribution is -0.0883. The van der Waals surface area contributed by atoms with Crippen LogP contribution in [-0.4, -0.2) is 29.1 Å². The number of hydrogen-bond donors (Lipinski definition) is 0. The fourth-order valence-corrected chi connectivity index (χ4v) is 4.78. The van der Waals surface area contributed by atoms with Crippen LogP contribution in [0.25, 0.3) is 0 Å². The van der Waals surface area contributed by atoms with E-state index in [1.165, 1.54) is 30.8 Å². The molecule has 0 saturated carbocycles.